The quantitative estimate of drug-likeness (QED) is 0.665. The van der Waals surface area contributed by atoms with Crippen LogP contribution >= 0.6 is 0 Å². The number of carbonyl (C=O) groups is 2. The van der Waals surface area contributed by atoms with Gasteiger partial charge in [-0.2, -0.15) is 0 Å². The molecule has 1 atom stereocenters. The average molecular weight is 448 g/mol. The number of nitrogens with zero attached hydrogens (tertiary/aromatic N) is 2. The fourth-order valence-corrected chi connectivity index (χ4v) is 3.74. The van der Waals surface area contributed by atoms with Crippen molar-refractivity contribution in [2.75, 3.05) is 20.1 Å². The predicted molar refractivity (Wildman–Crippen MR) is 120 cm³/mol. The van der Waals surface area contributed by atoms with Crippen LogP contribution < -0.4 is 5.46 Å². The summed E-state index contributed by atoms with van der Waals surface area (Å²) in [5, 5.41) is 0. The summed E-state index contributed by atoms with van der Waals surface area (Å²) in [7, 11) is 0.790. The van der Waals surface area contributed by atoms with E-state index in [0.717, 1.165) is 0 Å². The first-order valence-electron chi connectivity index (χ1n) is 11.0. The summed E-state index contributed by atoms with van der Waals surface area (Å²) in [4.78, 5) is 28.7. The highest BCUT2D eigenvalue weighted by molar-refractivity contribution is 6.62. The van der Waals surface area contributed by atoms with Crippen molar-refractivity contribution in [1.29, 1.82) is 0 Å². The Morgan fingerprint density at radius 2 is 1.78 bits per heavy atom. The number of ether oxygens (including phenoxy) is 1. The summed E-state index contributed by atoms with van der Waals surface area (Å²) in [5.74, 6) is -0.702. The number of halogens is 1. The molecule has 3 rings (SSSR count). The van der Waals surface area contributed by atoms with Crippen LogP contribution in [0.25, 0.3) is 0 Å². The molecule has 1 aromatic rings. The van der Waals surface area contributed by atoms with Crippen molar-refractivity contribution in [3.05, 3.63) is 29.6 Å². The lowest BCUT2D eigenvalue weighted by molar-refractivity contribution is 0.00578. The molecule has 2 heterocycles. The van der Waals surface area contributed by atoms with Gasteiger partial charge in [0.25, 0.3) is 5.91 Å². The van der Waals surface area contributed by atoms with Gasteiger partial charge in [-0.3, -0.25) is 4.79 Å². The number of likely N-dealkylation sites (N-methyl/N-ethyl adjacent to an activating group) is 1. The number of likely N-dealkylation sites (tertiary alicyclic amines) is 1. The van der Waals surface area contributed by atoms with E-state index in [4.69, 9.17) is 14.0 Å². The van der Waals surface area contributed by atoms with Crippen molar-refractivity contribution < 1.29 is 28.0 Å². The first kappa shape index (κ1) is 24.5. The summed E-state index contributed by atoms with van der Waals surface area (Å²) >= 11 is 0. The first-order valence-corrected chi connectivity index (χ1v) is 11.0. The van der Waals surface area contributed by atoms with Gasteiger partial charge >= 0.3 is 13.2 Å². The molecule has 0 N–H and O–H groups in total. The van der Waals surface area contributed by atoms with Gasteiger partial charge in [-0.05, 0) is 73.1 Å². The Hall–Kier alpha value is -2.13. The Morgan fingerprint density at radius 3 is 2.34 bits per heavy atom. The summed E-state index contributed by atoms with van der Waals surface area (Å²) in [6.45, 7) is 13.9. The largest absolute Gasteiger partial charge is 0.497 e. The van der Waals surface area contributed by atoms with E-state index in [1.807, 2.05) is 48.5 Å². The highest BCUT2D eigenvalue weighted by atomic mass is 19.1. The number of hydrogen-bond acceptors (Lipinski definition) is 5. The molecule has 1 aromatic carbocycles. The van der Waals surface area contributed by atoms with Gasteiger partial charge < -0.3 is 23.8 Å². The Morgan fingerprint density at radius 1 is 1.19 bits per heavy atom. The van der Waals surface area contributed by atoms with Crippen molar-refractivity contribution in [2.24, 2.45) is 0 Å². The molecule has 0 radical (unpaired) electrons. The molecule has 2 fully saturated rings. The van der Waals surface area contributed by atoms with Crippen molar-refractivity contribution in [3.8, 4) is 0 Å². The maximum absolute atomic E-state index is 14.6. The molecule has 0 bridgehead atoms. The van der Waals surface area contributed by atoms with Crippen LogP contribution in [0.2, 0.25) is 0 Å². The molecule has 9 heteroatoms. The van der Waals surface area contributed by atoms with Crippen LogP contribution in [0.15, 0.2) is 18.2 Å². The van der Waals surface area contributed by atoms with Gasteiger partial charge in [-0.25, -0.2) is 9.18 Å². The summed E-state index contributed by atoms with van der Waals surface area (Å²) in [6.07, 6.45) is 0.230. The zero-order valence-electron chi connectivity index (χ0n) is 20.3. The molecule has 2 saturated heterocycles. The molecule has 0 saturated carbocycles. The van der Waals surface area contributed by atoms with Crippen molar-refractivity contribution in [2.45, 2.75) is 77.7 Å². The summed E-state index contributed by atoms with van der Waals surface area (Å²) in [5.41, 5.74) is -1.25. The third-order valence-corrected chi connectivity index (χ3v) is 6.43. The second kappa shape index (κ2) is 8.34. The minimum atomic E-state index is -0.891. The highest BCUT2D eigenvalue weighted by Gasteiger charge is 2.52. The fraction of sp³-hybridized carbons (Fsp3) is 0.652. The van der Waals surface area contributed by atoms with Crippen LogP contribution in [0.3, 0.4) is 0 Å². The van der Waals surface area contributed by atoms with E-state index in [1.54, 1.807) is 16.8 Å². The molecule has 176 valence electrons. The molecular weight excluding hydrogens is 414 g/mol. The molecule has 0 aromatic heterocycles. The second-order valence-corrected chi connectivity index (χ2v) is 10.6. The van der Waals surface area contributed by atoms with Crippen LogP contribution in [0.1, 0.15) is 65.2 Å². The Bertz CT molecular complexity index is 883. The Kier molecular flexibility index (Phi) is 6.39. The van der Waals surface area contributed by atoms with E-state index >= 15 is 0 Å². The third kappa shape index (κ3) is 4.93. The second-order valence-electron chi connectivity index (χ2n) is 10.6. The van der Waals surface area contributed by atoms with E-state index in [1.165, 1.54) is 18.2 Å². The zero-order valence-corrected chi connectivity index (χ0v) is 20.3. The maximum Gasteiger partial charge on any atom is 0.497 e. The van der Waals surface area contributed by atoms with Crippen LogP contribution in [-0.4, -0.2) is 71.9 Å². The van der Waals surface area contributed by atoms with Gasteiger partial charge in [0.15, 0.2) is 0 Å². The third-order valence-electron chi connectivity index (χ3n) is 6.43. The van der Waals surface area contributed by atoms with Gasteiger partial charge in [-0.15, -0.1) is 0 Å². The lowest BCUT2D eigenvalue weighted by Crippen LogP contribution is -2.43. The van der Waals surface area contributed by atoms with Crippen molar-refractivity contribution in [3.63, 3.8) is 0 Å². The molecule has 2 aliphatic rings. The average Bonchev–Trinajstić information content (AvgIpc) is 3.22. The van der Waals surface area contributed by atoms with Crippen molar-refractivity contribution in [1.82, 2.24) is 9.80 Å². The number of rotatable bonds is 3. The van der Waals surface area contributed by atoms with E-state index in [0.29, 0.717) is 25.1 Å². The lowest BCUT2D eigenvalue weighted by atomic mass is 9.78. The van der Waals surface area contributed by atoms with E-state index < -0.39 is 35.8 Å². The van der Waals surface area contributed by atoms with Gasteiger partial charge in [-0.1, -0.05) is 0 Å². The molecule has 32 heavy (non-hydrogen) atoms. The Labute approximate surface area is 190 Å². The van der Waals surface area contributed by atoms with Crippen LogP contribution in [0, 0.1) is 5.82 Å². The Balaban J connectivity index is 1.71. The minimum Gasteiger partial charge on any atom is -0.444 e. The number of benzene rings is 1. The monoisotopic (exact) mass is 448 g/mol. The van der Waals surface area contributed by atoms with Crippen LogP contribution in [0.5, 0.6) is 0 Å². The number of hydrogen-bond donors (Lipinski definition) is 0. The van der Waals surface area contributed by atoms with Crippen LogP contribution in [0.4, 0.5) is 9.18 Å². The molecular formula is C23H34BFN2O5. The van der Waals surface area contributed by atoms with E-state index in [-0.39, 0.29) is 17.4 Å². The minimum absolute atomic E-state index is 0.142. The van der Waals surface area contributed by atoms with Gasteiger partial charge in [0.1, 0.15) is 11.4 Å². The predicted octanol–water partition coefficient (Wildman–Crippen LogP) is 3.21. The van der Waals surface area contributed by atoms with Gasteiger partial charge in [0.2, 0.25) is 0 Å². The summed E-state index contributed by atoms with van der Waals surface area (Å²) in [6, 6.07) is 4.10. The normalized spacial score (nSPS) is 22.2. The smallest absolute Gasteiger partial charge is 0.444 e. The standard InChI is InChI=1S/C23H34BFN2O5/c1-21(2,3)30-20(29)26(8)16-11-12-27(14-16)19(28)15-9-10-18(25)17(13-15)24-31-22(4,5)23(6,7)32-24/h9-10,13,16H,11-12,14H2,1-8H3. The molecule has 0 aliphatic carbocycles. The van der Waals surface area contributed by atoms with Crippen LogP contribution in [-0.2, 0) is 14.0 Å². The lowest BCUT2D eigenvalue weighted by Gasteiger charge is -2.32. The van der Waals surface area contributed by atoms with Gasteiger partial charge in [0, 0.05) is 31.2 Å². The molecule has 2 aliphatic heterocycles. The van der Waals surface area contributed by atoms with Gasteiger partial charge in [0.05, 0.1) is 17.2 Å². The molecule has 1 unspecified atom stereocenters. The fourth-order valence-electron chi connectivity index (χ4n) is 3.74. The maximum atomic E-state index is 14.6. The molecule has 0 spiro atoms. The summed E-state index contributed by atoms with van der Waals surface area (Å²) < 4.78 is 32.0. The number of amides is 2. The zero-order chi connectivity index (χ0) is 24.1. The van der Waals surface area contributed by atoms with E-state index in [9.17, 15) is 14.0 Å². The molecule has 2 amide bonds. The topological polar surface area (TPSA) is 68.3 Å². The van der Waals surface area contributed by atoms with E-state index in [2.05, 4.69) is 0 Å². The molecule has 7 nitrogen and oxygen atoms in total. The van der Waals surface area contributed by atoms with Crippen molar-refractivity contribution >= 4 is 24.6 Å². The number of carbonyl (C=O) groups excluding carboxylic acids is 2. The SMILES string of the molecule is CN(C(=O)OC(C)(C)C)C1CCN(C(=O)c2ccc(F)c(B3OC(C)(C)C(C)(C)O3)c2)C1. The first-order chi connectivity index (χ1) is 14.6. The highest BCUT2D eigenvalue weighted by Crippen LogP contribution is 2.36.